The number of hydrogen-bond donors (Lipinski definition) is 1. The quantitative estimate of drug-likeness (QED) is 0.826. The molecule has 18 heavy (non-hydrogen) atoms. The van der Waals surface area contributed by atoms with Crippen molar-refractivity contribution in [2.24, 2.45) is 0 Å². The van der Waals surface area contributed by atoms with Crippen molar-refractivity contribution >= 4 is 22.3 Å². The van der Waals surface area contributed by atoms with Crippen LogP contribution in [0.3, 0.4) is 0 Å². The van der Waals surface area contributed by atoms with Gasteiger partial charge in [0.1, 0.15) is 10.6 Å². The van der Waals surface area contributed by atoms with E-state index in [0.29, 0.717) is 16.5 Å². The molecule has 3 nitrogen and oxygen atoms in total. The minimum absolute atomic E-state index is 0.275. The summed E-state index contributed by atoms with van der Waals surface area (Å²) in [5.41, 5.74) is 7.19. The number of thiophene rings is 1. The Bertz CT molecular complexity index is 439. The normalized spacial score (nSPS) is 17.1. The van der Waals surface area contributed by atoms with E-state index in [1.165, 1.54) is 24.2 Å². The van der Waals surface area contributed by atoms with Crippen molar-refractivity contribution in [3.8, 4) is 0 Å². The van der Waals surface area contributed by atoms with Crippen LogP contribution in [0.4, 0.5) is 5.00 Å². The Morgan fingerprint density at radius 3 is 2.56 bits per heavy atom. The second kappa shape index (κ2) is 4.92. The van der Waals surface area contributed by atoms with Gasteiger partial charge in [0, 0.05) is 0 Å². The summed E-state index contributed by atoms with van der Waals surface area (Å²) in [6, 6.07) is 0. The standard InChI is InChI=1S/C14H21NO2S/c1-14(2,3)17-13(16)11-10(8-18-12(11)15)9-6-4-5-7-9/h8-9H,4-7,15H2,1-3H3. The van der Waals surface area contributed by atoms with E-state index in [0.717, 1.165) is 18.4 Å². The van der Waals surface area contributed by atoms with Crippen molar-refractivity contribution in [1.82, 2.24) is 0 Å². The monoisotopic (exact) mass is 267 g/mol. The third-order valence-corrected chi connectivity index (χ3v) is 4.08. The summed E-state index contributed by atoms with van der Waals surface area (Å²) in [5, 5.41) is 2.62. The molecule has 1 aromatic heterocycles. The molecule has 100 valence electrons. The Morgan fingerprint density at radius 2 is 2.00 bits per heavy atom. The lowest BCUT2D eigenvalue weighted by Crippen LogP contribution is -2.24. The number of esters is 1. The predicted octanol–water partition coefficient (Wildman–Crippen LogP) is 3.94. The highest BCUT2D eigenvalue weighted by molar-refractivity contribution is 7.14. The fourth-order valence-electron chi connectivity index (χ4n) is 2.47. The van der Waals surface area contributed by atoms with Crippen LogP contribution in [0, 0.1) is 0 Å². The van der Waals surface area contributed by atoms with Gasteiger partial charge in [0.05, 0.1) is 5.56 Å². The van der Waals surface area contributed by atoms with Gasteiger partial charge in [-0.2, -0.15) is 0 Å². The molecule has 1 aliphatic rings. The highest BCUT2D eigenvalue weighted by atomic mass is 32.1. The second-order valence-electron chi connectivity index (χ2n) is 5.91. The number of rotatable bonds is 2. The molecule has 1 aliphatic carbocycles. The summed E-state index contributed by atoms with van der Waals surface area (Å²) in [6.45, 7) is 5.63. The van der Waals surface area contributed by atoms with Crippen LogP contribution >= 0.6 is 11.3 Å². The molecule has 0 saturated heterocycles. The van der Waals surface area contributed by atoms with Crippen molar-refractivity contribution in [2.75, 3.05) is 5.73 Å². The lowest BCUT2D eigenvalue weighted by atomic mass is 9.96. The first-order valence-electron chi connectivity index (χ1n) is 6.48. The molecule has 1 aromatic rings. The van der Waals surface area contributed by atoms with Crippen molar-refractivity contribution in [2.45, 2.75) is 58.0 Å². The summed E-state index contributed by atoms with van der Waals surface area (Å²) >= 11 is 1.45. The smallest absolute Gasteiger partial charge is 0.341 e. The third-order valence-electron chi connectivity index (χ3n) is 3.25. The number of nitrogen functional groups attached to an aromatic ring is 1. The maximum atomic E-state index is 12.2. The van der Waals surface area contributed by atoms with Crippen molar-refractivity contribution < 1.29 is 9.53 Å². The van der Waals surface area contributed by atoms with Gasteiger partial charge in [0.2, 0.25) is 0 Å². The molecule has 0 bridgehead atoms. The van der Waals surface area contributed by atoms with E-state index in [2.05, 4.69) is 0 Å². The molecule has 0 aromatic carbocycles. The molecule has 1 saturated carbocycles. The van der Waals surface area contributed by atoms with Crippen LogP contribution in [-0.2, 0) is 4.74 Å². The van der Waals surface area contributed by atoms with E-state index >= 15 is 0 Å². The van der Waals surface area contributed by atoms with Crippen LogP contribution in [0.2, 0.25) is 0 Å². The van der Waals surface area contributed by atoms with Crippen molar-refractivity contribution in [1.29, 1.82) is 0 Å². The van der Waals surface area contributed by atoms with Gasteiger partial charge in [-0.15, -0.1) is 11.3 Å². The number of carbonyl (C=O) groups is 1. The third kappa shape index (κ3) is 2.86. The maximum Gasteiger partial charge on any atom is 0.341 e. The number of carbonyl (C=O) groups excluding carboxylic acids is 1. The first-order chi connectivity index (χ1) is 8.38. The zero-order valence-corrected chi connectivity index (χ0v) is 12.1. The molecular formula is C14H21NO2S. The Morgan fingerprint density at radius 1 is 1.39 bits per heavy atom. The Kier molecular flexibility index (Phi) is 3.66. The van der Waals surface area contributed by atoms with Gasteiger partial charge >= 0.3 is 5.97 Å². The summed E-state index contributed by atoms with van der Waals surface area (Å²) in [6.07, 6.45) is 4.81. The lowest BCUT2D eigenvalue weighted by Gasteiger charge is -2.20. The minimum Gasteiger partial charge on any atom is -0.456 e. The van der Waals surface area contributed by atoms with Gasteiger partial charge in [0.25, 0.3) is 0 Å². The molecule has 0 unspecified atom stereocenters. The molecule has 0 radical (unpaired) electrons. The van der Waals surface area contributed by atoms with Crippen LogP contribution < -0.4 is 5.73 Å². The highest BCUT2D eigenvalue weighted by Gasteiger charge is 2.28. The molecule has 1 fully saturated rings. The van der Waals surface area contributed by atoms with Crippen molar-refractivity contribution in [3.05, 3.63) is 16.5 Å². The van der Waals surface area contributed by atoms with E-state index in [9.17, 15) is 4.79 Å². The maximum absolute atomic E-state index is 12.2. The number of hydrogen-bond acceptors (Lipinski definition) is 4. The van der Waals surface area contributed by atoms with Gasteiger partial charge in [-0.3, -0.25) is 0 Å². The van der Waals surface area contributed by atoms with Crippen LogP contribution in [0.25, 0.3) is 0 Å². The molecule has 2 rings (SSSR count). The average molecular weight is 267 g/mol. The Labute approximate surface area is 112 Å². The van der Waals surface area contributed by atoms with Gasteiger partial charge in [-0.05, 0) is 50.5 Å². The van der Waals surface area contributed by atoms with Gasteiger partial charge in [-0.1, -0.05) is 12.8 Å². The number of ether oxygens (including phenoxy) is 1. The van der Waals surface area contributed by atoms with Crippen LogP contribution in [0.1, 0.15) is 68.3 Å². The summed E-state index contributed by atoms with van der Waals surface area (Å²) in [5.74, 6) is 0.212. The Balaban J connectivity index is 2.26. The molecule has 2 N–H and O–H groups in total. The number of anilines is 1. The predicted molar refractivity (Wildman–Crippen MR) is 75.1 cm³/mol. The lowest BCUT2D eigenvalue weighted by molar-refractivity contribution is 0.00697. The van der Waals surface area contributed by atoms with Crippen molar-refractivity contribution in [3.63, 3.8) is 0 Å². The SMILES string of the molecule is CC(C)(C)OC(=O)c1c(C2CCCC2)csc1N. The van der Waals surface area contributed by atoms with E-state index in [-0.39, 0.29) is 5.97 Å². The minimum atomic E-state index is -0.474. The van der Waals surface area contributed by atoms with Crippen LogP contribution in [-0.4, -0.2) is 11.6 Å². The summed E-state index contributed by atoms with van der Waals surface area (Å²) in [4.78, 5) is 12.2. The van der Waals surface area contributed by atoms with Gasteiger partial charge < -0.3 is 10.5 Å². The molecule has 1 heterocycles. The first-order valence-corrected chi connectivity index (χ1v) is 7.36. The highest BCUT2D eigenvalue weighted by Crippen LogP contribution is 2.40. The van der Waals surface area contributed by atoms with Crippen LogP contribution in [0.15, 0.2) is 5.38 Å². The first kappa shape index (κ1) is 13.4. The Hall–Kier alpha value is -1.03. The average Bonchev–Trinajstić information content (AvgIpc) is 2.82. The molecular weight excluding hydrogens is 246 g/mol. The zero-order valence-electron chi connectivity index (χ0n) is 11.3. The summed E-state index contributed by atoms with van der Waals surface area (Å²) in [7, 11) is 0. The van der Waals surface area contributed by atoms with E-state index < -0.39 is 5.60 Å². The molecule has 0 spiro atoms. The molecule has 0 aliphatic heterocycles. The molecule has 4 heteroatoms. The topological polar surface area (TPSA) is 52.3 Å². The fourth-order valence-corrected chi connectivity index (χ4v) is 3.36. The second-order valence-corrected chi connectivity index (χ2v) is 6.82. The van der Waals surface area contributed by atoms with E-state index in [4.69, 9.17) is 10.5 Å². The van der Waals surface area contributed by atoms with Crippen LogP contribution in [0.5, 0.6) is 0 Å². The zero-order chi connectivity index (χ0) is 13.3. The largest absolute Gasteiger partial charge is 0.456 e. The van der Waals surface area contributed by atoms with Gasteiger partial charge in [0.15, 0.2) is 0 Å². The molecule has 0 atom stereocenters. The van der Waals surface area contributed by atoms with Gasteiger partial charge in [-0.25, -0.2) is 4.79 Å². The van der Waals surface area contributed by atoms with E-state index in [1.807, 2.05) is 26.2 Å². The summed E-state index contributed by atoms with van der Waals surface area (Å²) < 4.78 is 5.45. The number of nitrogens with two attached hydrogens (primary N) is 1. The fraction of sp³-hybridized carbons (Fsp3) is 0.643. The van der Waals surface area contributed by atoms with E-state index in [1.54, 1.807) is 0 Å². The molecule has 0 amide bonds.